The summed E-state index contributed by atoms with van der Waals surface area (Å²) in [5.74, 6) is 0.192. The predicted molar refractivity (Wildman–Crippen MR) is 54.5 cm³/mol. The molecule has 84 valence electrons. The first-order valence-electron chi connectivity index (χ1n) is 5.42. The van der Waals surface area contributed by atoms with Crippen molar-refractivity contribution in [3.05, 3.63) is 0 Å². The number of carbonyl (C=O) groups excluding carboxylic acids is 2. The molecule has 0 aliphatic carbocycles. The standard InChI is InChI=1S/C11H17NO3/c1-11(2,3)15-10(14)12-7-4-5-8(12)9(13)6-7/h7-8H,4-6H2,1-3H3/t7-,8+/m1/s1. The molecule has 0 unspecified atom stereocenters. The van der Waals surface area contributed by atoms with Crippen molar-refractivity contribution in [2.75, 3.05) is 0 Å². The summed E-state index contributed by atoms with van der Waals surface area (Å²) in [6, 6.07) is -0.109. The molecule has 0 saturated carbocycles. The maximum absolute atomic E-state index is 11.8. The number of fused-ring (bicyclic) bond motifs is 2. The minimum Gasteiger partial charge on any atom is -0.444 e. The van der Waals surface area contributed by atoms with Gasteiger partial charge in [0.2, 0.25) is 0 Å². The molecular formula is C11H17NO3. The van der Waals surface area contributed by atoms with Crippen LogP contribution in [0.15, 0.2) is 0 Å². The molecule has 2 saturated heterocycles. The van der Waals surface area contributed by atoms with Crippen molar-refractivity contribution < 1.29 is 14.3 Å². The van der Waals surface area contributed by atoms with Crippen molar-refractivity contribution in [3.8, 4) is 0 Å². The number of ketones is 1. The Morgan fingerprint density at radius 3 is 2.47 bits per heavy atom. The summed E-state index contributed by atoms with van der Waals surface area (Å²) >= 11 is 0. The fourth-order valence-electron chi connectivity index (χ4n) is 2.36. The third-order valence-electron chi connectivity index (χ3n) is 2.92. The Morgan fingerprint density at radius 2 is 2.07 bits per heavy atom. The van der Waals surface area contributed by atoms with E-state index in [1.807, 2.05) is 20.8 Å². The van der Waals surface area contributed by atoms with Gasteiger partial charge >= 0.3 is 6.09 Å². The molecule has 0 aromatic carbocycles. The third kappa shape index (κ3) is 1.85. The zero-order chi connectivity index (χ0) is 11.2. The van der Waals surface area contributed by atoms with Gasteiger partial charge in [0.05, 0.1) is 6.04 Å². The van der Waals surface area contributed by atoms with E-state index in [4.69, 9.17) is 4.74 Å². The van der Waals surface area contributed by atoms with E-state index in [9.17, 15) is 9.59 Å². The van der Waals surface area contributed by atoms with E-state index in [0.29, 0.717) is 6.42 Å². The predicted octanol–water partition coefficient (Wildman–Crippen LogP) is 1.73. The van der Waals surface area contributed by atoms with Crippen LogP contribution in [0.25, 0.3) is 0 Å². The average molecular weight is 211 g/mol. The lowest BCUT2D eigenvalue weighted by molar-refractivity contribution is -0.120. The summed E-state index contributed by atoms with van der Waals surface area (Å²) in [6.07, 6.45) is 1.93. The molecule has 2 bridgehead atoms. The molecule has 2 aliphatic rings. The van der Waals surface area contributed by atoms with Crippen LogP contribution in [0.3, 0.4) is 0 Å². The van der Waals surface area contributed by atoms with Gasteiger partial charge in [0.1, 0.15) is 5.60 Å². The molecule has 0 spiro atoms. The first-order valence-corrected chi connectivity index (χ1v) is 5.42. The van der Waals surface area contributed by atoms with Crippen LogP contribution in [0, 0.1) is 0 Å². The highest BCUT2D eigenvalue weighted by Crippen LogP contribution is 2.36. The molecule has 4 heteroatoms. The van der Waals surface area contributed by atoms with Gasteiger partial charge in [0.15, 0.2) is 5.78 Å². The average Bonchev–Trinajstić information content (AvgIpc) is 2.55. The van der Waals surface area contributed by atoms with E-state index in [1.165, 1.54) is 0 Å². The molecule has 2 heterocycles. The van der Waals surface area contributed by atoms with Gasteiger partial charge in [-0.05, 0) is 33.6 Å². The Labute approximate surface area is 89.6 Å². The first-order chi connectivity index (χ1) is 6.88. The molecule has 2 rings (SSSR count). The minimum absolute atomic E-state index is 0.0948. The van der Waals surface area contributed by atoms with Gasteiger partial charge < -0.3 is 4.74 Å². The summed E-state index contributed by atoms with van der Waals surface area (Å²) in [7, 11) is 0. The molecule has 2 aliphatic heterocycles. The summed E-state index contributed by atoms with van der Waals surface area (Å²) in [4.78, 5) is 24.9. The third-order valence-corrected chi connectivity index (χ3v) is 2.92. The molecule has 2 fully saturated rings. The molecule has 2 atom stereocenters. The lowest BCUT2D eigenvalue weighted by Crippen LogP contribution is -2.40. The van der Waals surface area contributed by atoms with Crippen LogP contribution < -0.4 is 0 Å². The fourth-order valence-corrected chi connectivity index (χ4v) is 2.36. The second kappa shape index (κ2) is 3.22. The number of hydrogen-bond donors (Lipinski definition) is 0. The molecular weight excluding hydrogens is 194 g/mol. The van der Waals surface area contributed by atoms with Gasteiger partial charge in [-0.25, -0.2) is 4.79 Å². The van der Waals surface area contributed by atoms with Gasteiger partial charge in [0, 0.05) is 12.5 Å². The highest BCUT2D eigenvalue weighted by molar-refractivity contribution is 5.92. The zero-order valence-corrected chi connectivity index (χ0v) is 9.45. The van der Waals surface area contributed by atoms with Crippen molar-refractivity contribution in [2.24, 2.45) is 0 Å². The number of carbonyl (C=O) groups is 2. The normalized spacial score (nSPS) is 29.8. The molecule has 0 radical (unpaired) electrons. The first kappa shape index (κ1) is 10.5. The molecule has 0 aromatic rings. The van der Waals surface area contributed by atoms with Crippen molar-refractivity contribution >= 4 is 11.9 Å². The van der Waals surface area contributed by atoms with Gasteiger partial charge in [-0.1, -0.05) is 0 Å². The van der Waals surface area contributed by atoms with Crippen molar-refractivity contribution in [2.45, 2.75) is 57.7 Å². The Bertz CT molecular complexity index is 305. The molecule has 4 nitrogen and oxygen atoms in total. The van der Waals surface area contributed by atoms with Gasteiger partial charge in [-0.15, -0.1) is 0 Å². The molecule has 15 heavy (non-hydrogen) atoms. The van der Waals surface area contributed by atoms with Crippen LogP contribution in [-0.4, -0.2) is 34.5 Å². The van der Waals surface area contributed by atoms with Gasteiger partial charge in [-0.3, -0.25) is 9.69 Å². The number of ether oxygens (including phenoxy) is 1. The maximum Gasteiger partial charge on any atom is 0.411 e. The quantitative estimate of drug-likeness (QED) is 0.613. The van der Waals surface area contributed by atoms with E-state index in [-0.39, 0.29) is 24.0 Å². The van der Waals surface area contributed by atoms with Crippen molar-refractivity contribution in [1.29, 1.82) is 0 Å². The second-order valence-electron chi connectivity index (χ2n) is 5.31. The monoisotopic (exact) mass is 211 g/mol. The molecule has 0 N–H and O–H groups in total. The van der Waals surface area contributed by atoms with E-state index < -0.39 is 5.60 Å². The van der Waals surface area contributed by atoms with Crippen LogP contribution in [-0.2, 0) is 9.53 Å². The second-order valence-corrected chi connectivity index (χ2v) is 5.31. The lowest BCUT2D eigenvalue weighted by Gasteiger charge is -2.26. The Kier molecular flexibility index (Phi) is 2.24. The van der Waals surface area contributed by atoms with Crippen LogP contribution in [0.1, 0.15) is 40.0 Å². The van der Waals surface area contributed by atoms with E-state index in [0.717, 1.165) is 12.8 Å². The van der Waals surface area contributed by atoms with Gasteiger partial charge in [0.25, 0.3) is 0 Å². The largest absolute Gasteiger partial charge is 0.444 e. The highest BCUT2D eigenvalue weighted by atomic mass is 16.6. The minimum atomic E-state index is -0.484. The number of rotatable bonds is 0. The van der Waals surface area contributed by atoms with Gasteiger partial charge in [-0.2, -0.15) is 0 Å². The van der Waals surface area contributed by atoms with E-state index >= 15 is 0 Å². The Balaban J connectivity index is 2.06. The van der Waals surface area contributed by atoms with Crippen LogP contribution >= 0.6 is 0 Å². The van der Waals surface area contributed by atoms with E-state index in [1.54, 1.807) is 4.90 Å². The Morgan fingerprint density at radius 1 is 1.40 bits per heavy atom. The van der Waals surface area contributed by atoms with Crippen LogP contribution in [0.2, 0.25) is 0 Å². The number of hydrogen-bond acceptors (Lipinski definition) is 3. The SMILES string of the molecule is CC(C)(C)OC(=O)N1[C@@H]2CC[C@H]1C(=O)C2. The summed E-state index contributed by atoms with van der Waals surface area (Å²) in [6.45, 7) is 5.51. The number of Topliss-reactive ketones (excluding diaryl/α,β-unsaturated/α-hetero) is 1. The summed E-state index contributed by atoms with van der Waals surface area (Å²) in [5, 5.41) is 0. The summed E-state index contributed by atoms with van der Waals surface area (Å²) in [5.41, 5.74) is -0.484. The summed E-state index contributed by atoms with van der Waals surface area (Å²) < 4.78 is 5.29. The zero-order valence-electron chi connectivity index (χ0n) is 9.45. The molecule has 1 amide bonds. The maximum atomic E-state index is 11.8. The topological polar surface area (TPSA) is 46.6 Å². The smallest absolute Gasteiger partial charge is 0.411 e. The van der Waals surface area contributed by atoms with Crippen LogP contribution in [0.4, 0.5) is 4.79 Å². The van der Waals surface area contributed by atoms with E-state index in [2.05, 4.69) is 0 Å². The van der Waals surface area contributed by atoms with Crippen molar-refractivity contribution in [1.82, 2.24) is 4.90 Å². The molecule has 0 aromatic heterocycles. The van der Waals surface area contributed by atoms with Crippen molar-refractivity contribution in [3.63, 3.8) is 0 Å². The number of amides is 1. The van der Waals surface area contributed by atoms with Crippen LogP contribution in [0.5, 0.6) is 0 Å². The lowest BCUT2D eigenvalue weighted by atomic mass is 10.00. The number of nitrogens with zero attached hydrogens (tertiary/aromatic N) is 1. The highest BCUT2D eigenvalue weighted by Gasteiger charge is 2.49. The fraction of sp³-hybridized carbons (Fsp3) is 0.818. The Hall–Kier alpha value is -1.06.